The monoisotopic (exact) mass is 879 g/mol. The van der Waals surface area contributed by atoms with Gasteiger partial charge in [0.1, 0.15) is 11.2 Å². The van der Waals surface area contributed by atoms with Gasteiger partial charge >= 0.3 is 0 Å². The van der Waals surface area contributed by atoms with Crippen molar-refractivity contribution in [1.82, 2.24) is 0 Å². The number of hydrogen-bond donors (Lipinski definition) is 0. The molecule has 69 heavy (non-hydrogen) atoms. The average molecular weight is 880 g/mol. The van der Waals surface area contributed by atoms with E-state index >= 15 is 0 Å². The molecule has 0 atom stereocenters. The van der Waals surface area contributed by atoms with Crippen LogP contribution in [0.1, 0.15) is 22.3 Å². The molecule has 0 bridgehead atoms. The summed E-state index contributed by atoms with van der Waals surface area (Å²) in [4.78, 5) is 2.47. The number of furan rings is 1. The second-order valence-electron chi connectivity index (χ2n) is 17.9. The summed E-state index contributed by atoms with van der Waals surface area (Å²) in [6.45, 7) is 0. The summed E-state index contributed by atoms with van der Waals surface area (Å²) < 4.78 is 6.49. The summed E-state index contributed by atoms with van der Waals surface area (Å²) in [5.74, 6) is 0. The fraction of sp³-hybridized carbons (Fsp3) is 0.0149. The minimum Gasteiger partial charge on any atom is -0.456 e. The average Bonchev–Trinajstić information content (AvgIpc) is 3.97. The van der Waals surface area contributed by atoms with Crippen LogP contribution in [0.2, 0.25) is 0 Å². The number of fused-ring (bicyclic) bond motifs is 6. The van der Waals surface area contributed by atoms with Gasteiger partial charge < -0.3 is 9.32 Å². The number of hydrogen-bond acceptors (Lipinski definition) is 2. The van der Waals surface area contributed by atoms with E-state index < -0.39 is 5.41 Å². The highest BCUT2D eigenvalue weighted by Crippen LogP contribution is 2.58. The molecule has 0 saturated heterocycles. The van der Waals surface area contributed by atoms with Crippen molar-refractivity contribution in [3.8, 4) is 55.6 Å². The summed E-state index contributed by atoms with van der Waals surface area (Å²) in [5, 5.41) is 2.21. The third kappa shape index (κ3) is 6.56. The van der Waals surface area contributed by atoms with Gasteiger partial charge in [-0.2, -0.15) is 0 Å². The molecular weight excluding hydrogens is 835 g/mol. The van der Waals surface area contributed by atoms with Gasteiger partial charge in [-0.3, -0.25) is 0 Å². The largest absolute Gasteiger partial charge is 0.456 e. The fourth-order valence-electron chi connectivity index (χ4n) is 11.2. The van der Waals surface area contributed by atoms with Crippen molar-refractivity contribution >= 4 is 39.0 Å². The molecule has 11 aromatic carbocycles. The molecule has 13 rings (SSSR count). The molecule has 12 aromatic rings. The minimum absolute atomic E-state index is 0.500. The van der Waals surface area contributed by atoms with Crippen LogP contribution >= 0.6 is 0 Å². The third-order valence-electron chi connectivity index (χ3n) is 14.2. The quantitative estimate of drug-likeness (QED) is 0.144. The second kappa shape index (κ2) is 16.7. The smallest absolute Gasteiger partial charge is 0.136 e. The Morgan fingerprint density at radius 3 is 1.55 bits per heavy atom. The Labute approximate surface area is 402 Å². The highest BCUT2D eigenvalue weighted by atomic mass is 16.3. The van der Waals surface area contributed by atoms with Crippen LogP contribution in [0.15, 0.2) is 277 Å². The third-order valence-corrected chi connectivity index (χ3v) is 14.2. The summed E-state index contributed by atoms with van der Waals surface area (Å²) in [7, 11) is 0. The number of anilines is 3. The van der Waals surface area contributed by atoms with E-state index in [0.717, 1.165) is 66.8 Å². The van der Waals surface area contributed by atoms with E-state index in [1.165, 1.54) is 50.1 Å². The number of benzene rings is 11. The van der Waals surface area contributed by atoms with Crippen LogP contribution in [-0.2, 0) is 5.41 Å². The fourth-order valence-corrected chi connectivity index (χ4v) is 11.2. The number of para-hydroxylation sites is 3. The van der Waals surface area contributed by atoms with E-state index in [9.17, 15) is 0 Å². The van der Waals surface area contributed by atoms with Crippen molar-refractivity contribution in [3.63, 3.8) is 0 Å². The molecule has 0 N–H and O–H groups in total. The molecule has 2 nitrogen and oxygen atoms in total. The van der Waals surface area contributed by atoms with Crippen molar-refractivity contribution in [2.75, 3.05) is 4.90 Å². The molecule has 1 aliphatic rings. The van der Waals surface area contributed by atoms with Gasteiger partial charge in [0.2, 0.25) is 0 Å². The maximum Gasteiger partial charge on any atom is 0.136 e. The molecule has 0 saturated carbocycles. The lowest BCUT2D eigenvalue weighted by molar-refractivity contribution is 0.669. The maximum absolute atomic E-state index is 6.49. The zero-order valence-electron chi connectivity index (χ0n) is 37.8. The molecule has 0 unspecified atom stereocenters. The van der Waals surface area contributed by atoms with Crippen LogP contribution in [0.5, 0.6) is 0 Å². The Kier molecular flexibility index (Phi) is 9.77. The zero-order chi connectivity index (χ0) is 45.7. The molecule has 1 aromatic heterocycles. The molecule has 0 amide bonds. The van der Waals surface area contributed by atoms with Crippen molar-refractivity contribution in [2.45, 2.75) is 5.41 Å². The van der Waals surface area contributed by atoms with Crippen LogP contribution in [-0.4, -0.2) is 0 Å². The predicted octanol–water partition coefficient (Wildman–Crippen LogP) is 18.1. The SMILES string of the molecule is c1ccc(-c2ccc(-c3ccccc3N(c3cccc(-c4cccc5c4-c4ccccc4C5(c4ccccc4)c4ccccc4)c3)c3ccccc3-c3cccc4oc5ccccc5c34)cc2)cc1. The first-order valence-electron chi connectivity index (χ1n) is 23.8. The number of rotatable bonds is 9. The van der Waals surface area contributed by atoms with Crippen molar-refractivity contribution < 1.29 is 4.42 Å². The molecule has 2 heteroatoms. The molecule has 0 fully saturated rings. The van der Waals surface area contributed by atoms with E-state index in [4.69, 9.17) is 4.42 Å². The van der Waals surface area contributed by atoms with Gasteiger partial charge in [0.25, 0.3) is 0 Å². The van der Waals surface area contributed by atoms with Gasteiger partial charge in [-0.25, -0.2) is 0 Å². The van der Waals surface area contributed by atoms with Crippen LogP contribution < -0.4 is 4.90 Å². The standard InChI is InChI=1S/C67H45NO/c1-4-21-46(22-5-1)47-41-43-48(44-42-47)53-29-11-15-37-61(53)68(62-38-16-12-30-55(62)56-34-20-40-64-66(56)58-32-13-17-39-63(58)69-64)52-28-18-23-49(45-52)54-33-19-36-60-65(54)57-31-10-14-35-59(57)67(60,50-24-6-2-7-25-50)51-26-8-3-9-27-51/h1-45H. The van der Waals surface area contributed by atoms with Gasteiger partial charge in [-0.1, -0.05) is 237 Å². The van der Waals surface area contributed by atoms with E-state index in [-0.39, 0.29) is 0 Å². The van der Waals surface area contributed by atoms with Crippen molar-refractivity contribution in [3.05, 3.63) is 295 Å². The van der Waals surface area contributed by atoms with Gasteiger partial charge in [0, 0.05) is 27.6 Å². The van der Waals surface area contributed by atoms with E-state index in [0.29, 0.717) is 0 Å². The van der Waals surface area contributed by atoms with Crippen molar-refractivity contribution in [1.29, 1.82) is 0 Å². The molecular formula is C67H45NO. The topological polar surface area (TPSA) is 16.4 Å². The highest BCUT2D eigenvalue weighted by molar-refractivity contribution is 6.14. The van der Waals surface area contributed by atoms with Crippen molar-refractivity contribution in [2.24, 2.45) is 0 Å². The van der Waals surface area contributed by atoms with E-state index in [1.807, 2.05) is 6.07 Å². The van der Waals surface area contributed by atoms with Gasteiger partial charge in [0.15, 0.2) is 0 Å². The zero-order valence-corrected chi connectivity index (χ0v) is 37.8. The number of nitrogens with zero attached hydrogens (tertiary/aromatic N) is 1. The highest BCUT2D eigenvalue weighted by Gasteiger charge is 2.46. The lowest BCUT2D eigenvalue weighted by Crippen LogP contribution is -2.28. The first-order valence-corrected chi connectivity index (χ1v) is 23.8. The van der Waals surface area contributed by atoms with Crippen LogP contribution in [0, 0.1) is 0 Å². The molecule has 324 valence electrons. The summed E-state index contributed by atoms with van der Waals surface area (Å²) >= 11 is 0. The van der Waals surface area contributed by atoms with E-state index in [2.05, 4.69) is 272 Å². The minimum atomic E-state index is -0.500. The van der Waals surface area contributed by atoms with Crippen LogP contribution in [0.25, 0.3) is 77.6 Å². The van der Waals surface area contributed by atoms with Crippen LogP contribution in [0.3, 0.4) is 0 Å². The summed E-state index contributed by atoms with van der Waals surface area (Å²) in [6, 6.07) is 99.3. The maximum atomic E-state index is 6.49. The summed E-state index contributed by atoms with van der Waals surface area (Å²) in [5.41, 5.74) is 21.3. The molecule has 0 aliphatic heterocycles. The van der Waals surface area contributed by atoms with E-state index in [1.54, 1.807) is 0 Å². The van der Waals surface area contributed by atoms with Gasteiger partial charge in [-0.15, -0.1) is 0 Å². The molecule has 0 radical (unpaired) electrons. The molecule has 0 spiro atoms. The predicted molar refractivity (Wildman–Crippen MR) is 287 cm³/mol. The normalized spacial score (nSPS) is 12.5. The first kappa shape index (κ1) is 40.3. The molecule has 1 heterocycles. The van der Waals surface area contributed by atoms with Crippen LogP contribution in [0.4, 0.5) is 17.1 Å². The second-order valence-corrected chi connectivity index (χ2v) is 17.9. The molecule has 1 aliphatic carbocycles. The Morgan fingerprint density at radius 2 is 0.797 bits per heavy atom. The summed E-state index contributed by atoms with van der Waals surface area (Å²) in [6.07, 6.45) is 0. The lowest BCUT2D eigenvalue weighted by Gasteiger charge is -2.34. The van der Waals surface area contributed by atoms with Gasteiger partial charge in [0.05, 0.1) is 16.8 Å². The Hall–Kier alpha value is -8.98. The lowest BCUT2D eigenvalue weighted by atomic mass is 9.67. The first-order chi connectivity index (χ1) is 34.3. The Bertz CT molecular complexity index is 3790. The Morgan fingerprint density at radius 1 is 0.304 bits per heavy atom. The van der Waals surface area contributed by atoms with Gasteiger partial charge in [-0.05, 0) is 103 Å². The Balaban J connectivity index is 1.04.